The van der Waals surface area contributed by atoms with Crippen LogP contribution in [0.25, 0.3) is 16.6 Å². The van der Waals surface area contributed by atoms with E-state index in [-0.39, 0.29) is 17.5 Å². The van der Waals surface area contributed by atoms with Crippen LogP contribution in [0.5, 0.6) is 0 Å². The summed E-state index contributed by atoms with van der Waals surface area (Å²) in [5, 5.41) is 1.14. The van der Waals surface area contributed by atoms with Crippen molar-refractivity contribution in [2.45, 2.75) is 45.6 Å². The van der Waals surface area contributed by atoms with Gasteiger partial charge in [0.2, 0.25) is 5.91 Å². The van der Waals surface area contributed by atoms with E-state index in [9.17, 15) is 9.59 Å². The predicted octanol–water partition coefficient (Wildman–Crippen LogP) is 5.07. The minimum Gasteiger partial charge on any atom is -0.331 e. The molecule has 1 unspecified atom stereocenters. The molecule has 0 aliphatic carbocycles. The first-order valence-corrected chi connectivity index (χ1v) is 12.0. The van der Waals surface area contributed by atoms with Crippen molar-refractivity contribution in [3.63, 3.8) is 0 Å². The number of hydrogen-bond acceptors (Lipinski definition) is 4. The first kappa shape index (κ1) is 24.9. The van der Waals surface area contributed by atoms with Gasteiger partial charge in [0.05, 0.1) is 22.6 Å². The van der Waals surface area contributed by atoms with Crippen LogP contribution in [0.1, 0.15) is 51.4 Å². The number of hydrogen-bond donors (Lipinski definition) is 0. The molecule has 176 valence electrons. The van der Waals surface area contributed by atoms with Gasteiger partial charge in [-0.1, -0.05) is 44.0 Å². The van der Waals surface area contributed by atoms with Crippen molar-refractivity contribution in [3.05, 3.63) is 69.7 Å². The van der Waals surface area contributed by atoms with Gasteiger partial charge >= 0.3 is 0 Å². The quantitative estimate of drug-likeness (QED) is 0.416. The molecular formula is C26H33ClN4O2. The maximum atomic E-state index is 13.7. The molecule has 1 aromatic heterocycles. The Balaban J connectivity index is 2.21. The fraction of sp³-hybridized carbons (Fsp3) is 0.423. The molecule has 6 nitrogen and oxygen atoms in total. The van der Waals surface area contributed by atoms with Crippen molar-refractivity contribution in [1.29, 1.82) is 0 Å². The molecule has 3 rings (SSSR count). The van der Waals surface area contributed by atoms with Crippen molar-refractivity contribution in [3.8, 4) is 5.69 Å². The summed E-state index contributed by atoms with van der Waals surface area (Å²) in [6.45, 7) is 5.41. The molecule has 3 aromatic rings. The zero-order valence-electron chi connectivity index (χ0n) is 19.9. The molecule has 0 aliphatic rings. The number of nitrogens with zero attached hydrogens (tertiary/aromatic N) is 4. The fourth-order valence-electron chi connectivity index (χ4n) is 3.99. The van der Waals surface area contributed by atoms with E-state index in [0.717, 1.165) is 19.4 Å². The second kappa shape index (κ2) is 11.4. The standard InChI is InChI=1S/C26H33ClN4O2/c1-5-7-12-24(32)30(18-17-29(3)4)23(6-2)25-28-22-11-9-8-10-21(22)26(33)31(25)20-15-13-19(27)14-16-20/h8-11,13-16,23H,5-7,12,17-18H2,1-4H3. The average Bonchev–Trinajstić information content (AvgIpc) is 2.81. The van der Waals surface area contributed by atoms with Gasteiger partial charge < -0.3 is 9.80 Å². The summed E-state index contributed by atoms with van der Waals surface area (Å²) in [7, 11) is 3.99. The summed E-state index contributed by atoms with van der Waals surface area (Å²) >= 11 is 6.11. The van der Waals surface area contributed by atoms with Crippen LogP contribution in [0.3, 0.4) is 0 Å². The molecule has 0 fully saturated rings. The van der Waals surface area contributed by atoms with E-state index >= 15 is 0 Å². The van der Waals surface area contributed by atoms with Crippen LogP contribution in [-0.2, 0) is 4.79 Å². The SMILES string of the molecule is CCCCC(=O)N(CCN(C)C)C(CC)c1nc2ccccc2c(=O)n1-c1ccc(Cl)cc1. The van der Waals surface area contributed by atoms with Crippen LogP contribution < -0.4 is 5.56 Å². The van der Waals surface area contributed by atoms with Crippen molar-refractivity contribution >= 4 is 28.4 Å². The number of aromatic nitrogens is 2. The number of unbranched alkanes of at least 4 members (excludes halogenated alkanes) is 1. The van der Waals surface area contributed by atoms with E-state index in [0.29, 0.717) is 46.8 Å². The Hall–Kier alpha value is -2.70. The maximum Gasteiger partial charge on any atom is 0.266 e. The molecule has 2 aromatic carbocycles. The van der Waals surface area contributed by atoms with Crippen molar-refractivity contribution in [2.75, 3.05) is 27.2 Å². The highest BCUT2D eigenvalue weighted by molar-refractivity contribution is 6.30. The van der Waals surface area contributed by atoms with Crippen molar-refractivity contribution < 1.29 is 4.79 Å². The van der Waals surface area contributed by atoms with E-state index in [1.165, 1.54) is 0 Å². The number of fused-ring (bicyclic) bond motifs is 1. The third-order valence-electron chi connectivity index (χ3n) is 5.80. The summed E-state index contributed by atoms with van der Waals surface area (Å²) in [6.07, 6.45) is 2.92. The number of para-hydroxylation sites is 1. The Morgan fingerprint density at radius 1 is 1.06 bits per heavy atom. The lowest BCUT2D eigenvalue weighted by Crippen LogP contribution is -2.41. The van der Waals surface area contributed by atoms with Gasteiger partial charge in [0.1, 0.15) is 5.82 Å². The second-order valence-corrected chi connectivity index (χ2v) is 8.96. The van der Waals surface area contributed by atoms with Crippen molar-refractivity contribution in [2.24, 2.45) is 0 Å². The van der Waals surface area contributed by atoms with Gasteiger partial charge in [-0.3, -0.25) is 14.2 Å². The molecule has 0 radical (unpaired) electrons. The lowest BCUT2D eigenvalue weighted by Gasteiger charge is -2.33. The van der Waals surface area contributed by atoms with Crippen LogP contribution in [0.2, 0.25) is 5.02 Å². The Morgan fingerprint density at radius 3 is 2.39 bits per heavy atom. The predicted molar refractivity (Wildman–Crippen MR) is 135 cm³/mol. The largest absolute Gasteiger partial charge is 0.331 e. The van der Waals surface area contributed by atoms with Gasteiger partial charge in [-0.05, 0) is 63.3 Å². The first-order chi connectivity index (χ1) is 15.9. The van der Waals surface area contributed by atoms with E-state index in [4.69, 9.17) is 16.6 Å². The third kappa shape index (κ3) is 5.81. The lowest BCUT2D eigenvalue weighted by atomic mass is 10.1. The number of likely N-dealkylation sites (N-methyl/N-ethyl adjacent to an activating group) is 1. The number of benzene rings is 2. The van der Waals surface area contributed by atoms with Crippen LogP contribution in [0.15, 0.2) is 53.3 Å². The molecule has 0 aliphatic heterocycles. The first-order valence-electron chi connectivity index (χ1n) is 11.6. The smallest absolute Gasteiger partial charge is 0.266 e. The second-order valence-electron chi connectivity index (χ2n) is 8.52. The fourth-order valence-corrected chi connectivity index (χ4v) is 4.12. The molecular weight excluding hydrogens is 436 g/mol. The van der Waals surface area contributed by atoms with Gasteiger partial charge in [-0.25, -0.2) is 4.98 Å². The summed E-state index contributed by atoms with van der Waals surface area (Å²) in [5.41, 5.74) is 1.17. The zero-order chi connectivity index (χ0) is 24.0. The third-order valence-corrected chi connectivity index (χ3v) is 6.05. The van der Waals surface area contributed by atoms with Gasteiger partial charge in [0.15, 0.2) is 0 Å². The van der Waals surface area contributed by atoms with E-state index < -0.39 is 0 Å². The molecule has 0 spiro atoms. The minimum absolute atomic E-state index is 0.0932. The number of carbonyl (C=O) groups is 1. The summed E-state index contributed by atoms with van der Waals surface area (Å²) in [5.74, 6) is 0.669. The molecule has 0 N–H and O–H groups in total. The van der Waals surface area contributed by atoms with E-state index in [1.54, 1.807) is 22.8 Å². The van der Waals surface area contributed by atoms with Gasteiger partial charge in [0, 0.05) is 24.5 Å². The summed E-state index contributed by atoms with van der Waals surface area (Å²) in [6, 6.07) is 14.2. The average molecular weight is 469 g/mol. The summed E-state index contributed by atoms with van der Waals surface area (Å²) in [4.78, 5) is 35.9. The number of rotatable bonds is 10. The topological polar surface area (TPSA) is 58.4 Å². The highest BCUT2D eigenvalue weighted by Crippen LogP contribution is 2.27. The van der Waals surface area contributed by atoms with Gasteiger partial charge in [-0.2, -0.15) is 0 Å². The molecule has 1 amide bonds. The van der Waals surface area contributed by atoms with Crippen LogP contribution in [0, 0.1) is 0 Å². The highest BCUT2D eigenvalue weighted by Gasteiger charge is 2.28. The molecule has 0 saturated carbocycles. The molecule has 1 heterocycles. The number of carbonyl (C=O) groups excluding carboxylic acids is 1. The van der Waals surface area contributed by atoms with Crippen LogP contribution >= 0.6 is 11.6 Å². The molecule has 7 heteroatoms. The summed E-state index contributed by atoms with van der Waals surface area (Å²) < 4.78 is 1.64. The van der Waals surface area contributed by atoms with Gasteiger partial charge in [-0.15, -0.1) is 0 Å². The monoisotopic (exact) mass is 468 g/mol. The number of amides is 1. The molecule has 33 heavy (non-hydrogen) atoms. The Kier molecular flexibility index (Phi) is 8.64. The van der Waals surface area contributed by atoms with Crippen molar-refractivity contribution in [1.82, 2.24) is 19.4 Å². The van der Waals surface area contributed by atoms with E-state index in [2.05, 4.69) is 11.8 Å². The Bertz CT molecular complexity index is 1140. The maximum absolute atomic E-state index is 13.7. The Morgan fingerprint density at radius 2 is 1.76 bits per heavy atom. The minimum atomic E-state index is -0.331. The number of halogens is 1. The zero-order valence-corrected chi connectivity index (χ0v) is 20.7. The normalized spacial score (nSPS) is 12.3. The van der Waals surface area contributed by atoms with Crippen LogP contribution in [-0.4, -0.2) is 52.4 Å². The highest BCUT2D eigenvalue weighted by atomic mass is 35.5. The van der Waals surface area contributed by atoms with E-state index in [1.807, 2.05) is 56.3 Å². The lowest BCUT2D eigenvalue weighted by molar-refractivity contribution is -0.134. The Labute approximate surface area is 200 Å². The molecule has 1 atom stereocenters. The molecule has 0 saturated heterocycles. The molecule has 0 bridgehead atoms. The van der Waals surface area contributed by atoms with Gasteiger partial charge in [0.25, 0.3) is 5.56 Å². The van der Waals surface area contributed by atoms with Crippen LogP contribution in [0.4, 0.5) is 0 Å².